The summed E-state index contributed by atoms with van der Waals surface area (Å²) in [6.45, 7) is 3.96. The van der Waals surface area contributed by atoms with Crippen LogP contribution in [0.15, 0.2) is 66.7 Å². The summed E-state index contributed by atoms with van der Waals surface area (Å²) in [6, 6.07) is 19.8. The molecule has 3 aromatic rings. The lowest BCUT2D eigenvalue weighted by atomic mass is 9.71. The Morgan fingerprint density at radius 2 is 1.04 bits per heavy atom. The second kappa shape index (κ2) is 5.93. The molecule has 122 valence electrons. The van der Waals surface area contributed by atoms with E-state index in [-0.39, 0.29) is 17.2 Å². The summed E-state index contributed by atoms with van der Waals surface area (Å²) in [4.78, 5) is 0. The van der Waals surface area contributed by atoms with Gasteiger partial charge in [-0.1, -0.05) is 36.4 Å². The second-order valence-corrected chi connectivity index (χ2v) is 6.22. The molecular formula is C21H20O3. The molecule has 0 fully saturated rings. The van der Waals surface area contributed by atoms with Crippen LogP contribution in [0.4, 0.5) is 0 Å². The first-order valence-electron chi connectivity index (χ1n) is 7.80. The molecule has 0 aliphatic carbocycles. The lowest BCUT2D eigenvalue weighted by Crippen LogP contribution is -2.25. The first-order valence-corrected chi connectivity index (χ1v) is 7.80. The third-order valence-electron chi connectivity index (χ3n) is 4.66. The fourth-order valence-electron chi connectivity index (χ4n) is 3.06. The molecule has 0 bridgehead atoms. The Labute approximate surface area is 141 Å². The van der Waals surface area contributed by atoms with Crippen LogP contribution in [0.1, 0.15) is 29.2 Å². The van der Waals surface area contributed by atoms with Gasteiger partial charge >= 0.3 is 0 Å². The first kappa shape index (κ1) is 15.9. The SMILES string of the molecule is Cc1cc(C(C)(c2ccc(O)cc2)c2ccc(O)cc2)ccc1O. The molecule has 0 atom stereocenters. The van der Waals surface area contributed by atoms with E-state index in [1.807, 2.05) is 43.3 Å². The van der Waals surface area contributed by atoms with Crippen molar-refractivity contribution in [3.63, 3.8) is 0 Å². The molecule has 24 heavy (non-hydrogen) atoms. The number of hydrogen-bond acceptors (Lipinski definition) is 3. The van der Waals surface area contributed by atoms with Gasteiger partial charge < -0.3 is 15.3 Å². The molecule has 0 spiro atoms. The highest BCUT2D eigenvalue weighted by Crippen LogP contribution is 2.40. The summed E-state index contributed by atoms with van der Waals surface area (Å²) >= 11 is 0. The molecule has 0 unspecified atom stereocenters. The Kier molecular flexibility index (Phi) is 3.94. The van der Waals surface area contributed by atoms with Crippen molar-refractivity contribution in [2.24, 2.45) is 0 Å². The van der Waals surface area contributed by atoms with Crippen molar-refractivity contribution in [3.05, 3.63) is 89.0 Å². The van der Waals surface area contributed by atoms with Gasteiger partial charge in [0.15, 0.2) is 0 Å². The molecule has 3 aromatic carbocycles. The molecule has 0 amide bonds. The van der Waals surface area contributed by atoms with Gasteiger partial charge in [-0.2, -0.15) is 0 Å². The Morgan fingerprint density at radius 1 is 0.625 bits per heavy atom. The van der Waals surface area contributed by atoms with Gasteiger partial charge in [-0.05, 0) is 66.4 Å². The van der Waals surface area contributed by atoms with Gasteiger partial charge in [0, 0.05) is 5.41 Å². The zero-order chi connectivity index (χ0) is 17.3. The van der Waals surface area contributed by atoms with E-state index in [0.717, 1.165) is 22.3 Å². The fraction of sp³-hybridized carbons (Fsp3) is 0.143. The second-order valence-electron chi connectivity index (χ2n) is 6.22. The van der Waals surface area contributed by atoms with Crippen LogP contribution in [-0.4, -0.2) is 15.3 Å². The third kappa shape index (κ3) is 2.69. The van der Waals surface area contributed by atoms with Crippen molar-refractivity contribution >= 4 is 0 Å². The van der Waals surface area contributed by atoms with Gasteiger partial charge in [0.2, 0.25) is 0 Å². The molecule has 3 N–H and O–H groups in total. The Morgan fingerprint density at radius 3 is 1.46 bits per heavy atom. The number of benzene rings is 3. The van der Waals surface area contributed by atoms with E-state index in [1.54, 1.807) is 30.3 Å². The summed E-state index contributed by atoms with van der Waals surface area (Å²) in [5.41, 5.74) is 3.36. The van der Waals surface area contributed by atoms with E-state index in [1.165, 1.54) is 0 Å². The van der Waals surface area contributed by atoms with Gasteiger partial charge in [0.25, 0.3) is 0 Å². The molecule has 0 heterocycles. The van der Waals surface area contributed by atoms with Crippen LogP contribution in [-0.2, 0) is 5.41 Å². The highest BCUT2D eigenvalue weighted by Gasteiger charge is 2.31. The minimum Gasteiger partial charge on any atom is -0.508 e. The third-order valence-corrected chi connectivity index (χ3v) is 4.66. The fourth-order valence-corrected chi connectivity index (χ4v) is 3.06. The molecule has 0 aliphatic rings. The number of aromatic hydroxyl groups is 3. The average molecular weight is 320 g/mol. The zero-order valence-corrected chi connectivity index (χ0v) is 13.7. The normalized spacial score (nSPS) is 11.4. The number of aryl methyl sites for hydroxylation is 1. The van der Waals surface area contributed by atoms with Gasteiger partial charge in [-0.15, -0.1) is 0 Å². The largest absolute Gasteiger partial charge is 0.508 e. The smallest absolute Gasteiger partial charge is 0.118 e. The van der Waals surface area contributed by atoms with Gasteiger partial charge in [0.05, 0.1) is 0 Å². The van der Waals surface area contributed by atoms with Crippen molar-refractivity contribution in [1.82, 2.24) is 0 Å². The number of hydrogen-bond donors (Lipinski definition) is 3. The van der Waals surface area contributed by atoms with E-state index in [0.29, 0.717) is 0 Å². The molecular weight excluding hydrogens is 300 g/mol. The maximum absolute atomic E-state index is 9.86. The Bertz CT molecular complexity index is 804. The summed E-state index contributed by atoms with van der Waals surface area (Å²) in [5, 5.41) is 29.1. The Hall–Kier alpha value is -2.94. The van der Waals surface area contributed by atoms with Gasteiger partial charge in [-0.3, -0.25) is 0 Å². The standard InChI is InChI=1S/C21H20O3/c1-14-13-17(7-12-20(14)24)21(2,15-3-8-18(22)9-4-15)16-5-10-19(23)11-6-16/h3-13,22-24H,1-2H3. The molecule has 0 aliphatic heterocycles. The molecule has 3 heteroatoms. The number of phenolic OH excluding ortho intramolecular Hbond substituents is 3. The summed E-state index contributed by atoms with van der Waals surface area (Å²) in [6.07, 6.45) is 0. The van der Waals surface area contributed by atoms with Gasteiger partial charge in [-0.25, -0.2) is 0 Å². The van der Waals surface area contributed by atoms with E-state index in [9.17, 15) is 15.3 Å². The van der Waals surface area contributed by atoms with Crippen LogP contribution in [0.25, 0.3) is 0 Å². The number of rotatable bonds is 3. The van der Waals surface area contributed by atoms with Gasteiger partial charge in [0.1, 0.15) is 17.2 Å². The van der Waals surface area contributed by atoms with Crippen LogP contribution < -0.4 is 0 Å². The summed E-state index contributed by atoms with van der Waals surface area (Å²) in [7, 11) is 0. The predicted molar refractivity (Wildman–Crippen MR) is 94.6 cm³/mol. The maximum Gasteiger partial charge on any atom is 0.118 e. The van der Waals surface area contributed by atoms with Crippen LogP contribution >= 0.6 is 0 Å². The molecule has 0 radical (unpaired) electrons. The number of phenols is 3. The van der Waals surface area contributed by atoms with Crippen molar-refractivity contribution in [1.29, 1.82) is 0 Å². The minimum absolute atomic E-state index is 0.216. The Balaban J connectivity index is 2.25. The molecule has 0 aromatic heterocycles. The topological polar surface area (TPSA) is 60.7 Å². The predicted octanol–water partition coefficient (Wildman–Crippen LogP) is 4.47. The molecule has 3 rings (SSSR count). The highest BCUT2D eigenvalue weighted by atomic mass is 16.3. The van der Waals surface area contributed by atoms with Crippen molar-refractivity contribution in [2.75, 3.05) is 0 Å². The zero-order valence-electron chi connectivity index (χ0n) is 13.7. The molecule has 3 nitrogen and oxygen atoms in total. The molecule has 0 saturated heterocycles. The maximum atomic E-state index is 9.86. The van der Waals surface area contributed by atoms with Crippen LogP contribution in [0, 0.1) is 6.92 Å². The minimum atomic E-state index is -0.486. The average Bonchev–Trinajstić information content (AvgIpc) is 2.58. The van der Waals surface area contributed by atoms with E-state index >= 15 is 0 Å². The monoisotopic (exact) mass is 320 g/mol. The van der Waals surface area contributed by atoms with Crippen LogP contribution in [0.2, 0.25) is 0 Å². The van der Waals surface area contributed by atoms with E-state index < -0.39 is 5.41 Å². The van der Waals surface area contributed by atoms with Crippen LogP contribution in [0.5, 0.6) is 17.2 Å². The molecule has 0 saturated carbocycles. The van der Waals surface area contributed by atoms with E-state index in [4.69, 9.17) is 0 Å². The first-order chi connectivity index (χ1) is 11.4. The quantitative estimate of drug-likeness (QED) is 0.624. The summed E-state index contributed by atoms with van der Waals surface area (Å²) < 4.78 is 0. The summed E-state index contributed by atoms with van der Waals surface area (Å²) in [5.74, 6) is 0.694. The van der Waals surface area contributed by atoms with Crippen molar-refractivity contribution < 1.29 is 15.3 Å². The van der Waals surface area contributed by atoms with Crippen molar-refractivity contribution in [3.8, 4) is 17.2 Å². The lowest BCUT2D eigenvalue weighted by Gasteiger charge is -2.32. The highest BCUT2D eigenvalue weighted by molar-refractivity contribution is 5.53. The van der Waals surface area contributed by atoms with Crippen molar-refractivity contribution in [2.45, 2.75) is 19.3 Å². The lowest BCUT2D eigenvalue weighted by molar-refractivity contribution is 0.470. The van der Waals surface area contributed by atoms with E-state index in [2.05, 4.69) is 6.92 Å². The van der Waals surface area contributed by atoms with Crippen LogP contribution in [0.3, 0.4) is 0 Å².